The van der Waals surface area contributed by atoms with Crippen LogP contribution in [0.3, 0.4) is 0 Å². The first-order valence-electron chi connectivity index (χ1n) is 10.9. The third kappa shape index (κ3) is 24.9. The molecule has 0 fully saturated rings. The van der Waals surface area contributed by atoms with Gasteiger partial charge < -0.3 is 10.6 Å². The van der Waals surface area contributed by atoms with E-state index in [9.17, 15) is 4.79 Å². The van der Waals surface area contributed by atoms with Gasteiger partial charge in [0.2, 0.25) is 5.91 Å². The van der Waals surface area contributed by atoms with Crippen molar-refractivity contribution in [3.05, 3.63) is 91.0 Å². The average Bonchev–Trinajstić information content (AvgIpc) is 2.86. The van der Waals surface area contributed by atoms with Crippen molar-refractivity contribution in [3.63, 3.8) is 0 Å². The molecule has 0 spiro atoms. The van der Waals surface area contributed by atoms with Gasteiger partial charge in [-0.15, -0.1) is 0 Å². The van der Waals surface area contributed by atoms with E-state index in [1.807, 2.05) is 109 Å². The lowest BCUT2D eigenvalue weighted by molar-refractivity contribution is -0.114. The van der Waals surface area contributed by atoms with Gasteiger partial charge in [-0.3, -0.25) is 14.8 Å². The van der Waals surface area contributed by atoms with Crippen LogP contribution < -0.4 is 10.6 Å². The maximum atomic E-state index is 10.5. The molecule has 0 aliphatic heterocycles. The van der Waals surface area contributed by atoms with Gasteiger partial charge in [-0.05, 0) is 49.0 Å². The predicted molar refractivity (Wildman–Crippen MR) is 136 cm³/mol. The zero-order valence-electron chi connectivity index (χ0n) is 20.6. The molecule has 0 unspecified atom stereocenters. The molecule has 172 valence electrons. The molecule has 5 nitrogen and oxygen atoms in total. The first kappa shape index (κ1) is 32.6. The zero-order chi connectivity index (χ0) is 24.2. The van der Waals surface area contributed by atoms with Gasteiger partial charge in [0.25, 0.3) is 0 Å². The molecule has 0 saturated carbocycles. The highest BCUT2D eigenvalue weighted by Crippen LogP contribution is 2.03. The Balaban J connectivity index is -0.000000344. The first-order chi connectivity index (χ1) is 15.2. The van der Waals surface area contributed by atoms with Crippen molar-refractivity contribution >= 4 is 11.6 Å². The number of benzene rings is 1. The average molecular weight is 427 g/mol. The molecule has 5 heteroatoms. The van der Waals surface area contributed by atoms with Crippen molar-refractivity contribution in [2.24, 2.45) is 0 Å². The molecule has 0 radical (unpaired) electrons. The lowest BCUT2D eigenvalue weighted by Gasteiger charge is -1.98. The molecule has 2 heterocycles. The van der Waals surface area contributed by atoms with Crippen LogP contribution in [0.5, 0.6) is 0 Å². The Morgan fingerprint density at radius 3 is 1.52 bits per heavy atom. The quantitative estimate of drug-likeness (QED) is 0.495. The minimum Gasteiger partial charge on any atom is -0.326 e. The fourth-order valence-corrected chi connectivity index (χ4v) is 1.74. The minimum atomic E-state index is -0.0359. The highest BCUT2D eigenvalue weighted by molar-refractivity contribution is 5.88. The fraction of sp³-hybridized carbons (Fsp3) is 0.346. The summed E-state index contributed by atoms with van der Waals surface area (Å²) in [6, 6.07) is 19.1. The van der Waals surface area contributed by atoms with Crippen LogP contribution in [0.2, 0.25) is 0 Å². The molecule has 1 amide bonds. The number of carbonyl (C=O) groups is 1. The number of nitrogens with one attached hydrogen (secondary N) is 2. The summed E-state index contributed by atoms with van der Waals surface area (Å²) in [6.45, 7) is 14.4. The van der Waals surface area contributed by atoms with E-state index in [0.717, 1.165) is 12.2 Å². The summed E-state index contributed by atoms with van der Waals surface area (Å²) in [5.74, 6) is -0.0359. The Labute approximate surface area is 190 Å². The molecule has 0 saturated heterocycles. The van der Waals surface area contributed by atoms with Crippen LogP contribution in [0.1, 0.15) is 54.0 Å². The Morgan fingerprint density at radius 2 is 1.16 bits per heavy atom. The highest BCUT2D eigenvalue weighted by Gasteiger charge is 1.90. The van der Waals surface area contributed by atoms with Gasteiger partial charge in [-0.2, -0.15) is 0 Å². The Hall–Kier alpha value is -3.05. The van der Waals surface area contributed by atoms with Crippen LogP contribution in [-0.4, -0.2) is 22.9 Å². The number of rotatable bonds is 3. The smallest absolute Gasteiger partial charge is 0.221 e. The monoisotopic (exact) mass is 426 g/mol. The lowest BCUT2D eigenvalue weighted by Crippen LogP contribution is -2.04. The van der Waals surface area contributed by atoms with Crippen molar-refractivity contribution in [2.75, 3.05) is 12.4 Å². The SMILES string of the molecule is CC.CC.CC.CC(=O)Nc1ccccc1.CNCc1ccncc1.c1ccncc1. The Morgan fingerprint density at radius 1 is 0.710 bits per heavy atom. The molecule has 3 rings (SSSR count). The van der Waals surface area contributed by atoms with E-state index in [0.29, 0.717) is 0 Å². The van der Waals surface area contributed by atoms with Crippen LogP contribution >= 0.6 is 0 Å². The van der Waals surface area contributed by atoms with Crippen LogP contribution in [0.4, 0.5) is 5.69 Å². The zero-order valence-corrected chi connectivity index (χ0v) is 20.6. The standard InChI is InChI=1S/C8H9NO.C7H10N2.C5H5N.3C2H6/c1-7(10)9-8-5-3-2-4-6-8;1-8-6-7-2-4-9-5-3-7;1-2-4-6-5-3-1;3*1-2/h2-6H,1H3,(H,9,10);2-5,8H,6H2,1H3;1-5H;3*1-2H3. The molecule has 0 aliphatic carbocycles. The predicted octanol–water partition coefficient (Wildman–Crippen LogP) is 6.61. The normalized spacial score (nSPS) is 7.74. The van der Waals surface area contributed by atoms with E-state index in [2.05, 4.69) is 20.6 Å². The number of para-hydroxylation sites is 1. The van der Waals surface area contributed by atoms with Gasteiger partial charge in [0.05, 0.1) is 0 Å². The van der Waals surface area contributed by atoms with E-state index in [-0.39, 0.29) is 5.91 Å². The summed E-state index contributed by atoms with van der Waals surface area (Å²) in [7, 11) is 1.93. The number of nitrogens with zero attached hydrogens (tertiary/aromatic N) is 2. The molecule has 2 aromatic heterocycles. The lowest BCUT2D eigenvalue weighted by atomic mass is 10.3. The maximum Gasteiger partial charge on any atom is 0.221 e. The largest absolute Gasteiger partial charge is 0.326 e. The summed E-state index contributed by atoms with van der Waals surface area (Å²) >= 11 is 0. The minimum absolute atomic E-state index is 0.0359. The number of hydrogen-bond donors (Lipinski definition) is 2. The Bertz CT molecular complexity index is 651. The topological polar surface area (TPSA) is 66.9 Å². The molecule has 0 bridgehead atoms. The van der Waals surface area contributed by atoms with E-state index < -0.39 is 0 Å². The molecular weight excluding hydrogens is 384 g/mol. The van der Waals surface area contributed by atoms with Gasteiger partial charge in [0.1, 0.15) is 0 Å². The van der Waals surface area contributed by atoms with Crippen LogP contribution in [0, 0.1) is 0 Å². The molecule has 1 aromatic carbocycles. The number of hydrogen-bond acceptors (Lipinski definition) is 4. The van der Waals surface area contributed by atoms with Crippen LogP contribution in [0.25, 0.3) is 0 Å². The molecule has 0 aliphatic rings. The van der Waals surface area contributed by atoms with E-state index in [1.54, 1.807) is 24.8 Å². The maximum absolute atomic E-state index is 10.5. The van der Waals surface area contributed by atoms with Gasteiger partial charge in [-0.1, -0.05) is 65.8 Å². The third-order valence-electron chi connectivity index (χ3n) is 2.79. The molecule has 31 heavy (non-hydrogen) atoms. The summed E-state index contributed by atoms with van der Waals surface area (Å²) in [6.07, 6.45) is 7.10. The Kier molecular flexibility index (Phi) is 30.7. The summed E-state index contributed by atoms with van der Waals surface area (Å²) in [5.41, 5.74) is 2.11. The van der Waals surface area contributed by atoms with Crippen LogP contribution in [-0.2, 0) is 11.3 Å². The van der Waals surface area contributed by atoms with E-state index in [1.165, 1.54) is 12.5 Å². The van der Waals surface area contributed by atoms with Gasteiger partial charge >= 0.3 is 0 Å². The van der Waals surface area contributed by atoms with E-state index >= 15 is 0 Å². The second-order valence-corrected chi connectivity index (χ2v) is 4.96. The number of anilines is 1. The second-order valence-electron chi connectivity index (χ2n) is 4.96. The third-order valence-corrected chi connectivity index (χ3v) is 2.79. The first-order valence-corrected chi connectivity index (χ1v) is 10.9. The fourth-order valence-electron chi connectivity index (χ4n) is 1.74. The van der Waals surface area contributed by atoms with Crippen molar-refractivity contribution in [2.45, 2.75) is 55.0 Å². The molecule has 0 atom stereocenters. The molecule has 3 aromatic rings. The molecular formula is C26H42N4O. The number of pyridine rings is 2. The van der Waals surface area contributed by atoms with Gasteiger partial charge in [0, 0.05) is 43.9 Å². The summed E-state index contributed by atoms with van der Waals surface area (Å²) in [4.78, 5) is 18.2. The summed E-state index contributed by atoms with van der Waals surface area (Å²) < 4.78 is 0. The second kappa shape index (κ2) is 29.2. The van der Waals surface area contributed by atoms with Gasteiger partial charge in [0.15, 0.2) is 0 Å². The number of carbonyl (C=O) groups excluding carboxylic acids is 1. The van der Waals surface area contributed by atoms with Crippen molar-refractivity contribution in [1.82, 2.24) is 15.3 Å². The molecule has 2 N–H and O–H groups in total. The summed E-state index contributed by atoms with van der Waals surface area (Å²) in [5, 5.41) is 5.72. The number of aromatic nitrogens is 2. The number of amides is 1. The van der Waals surface area contributed by atoms with Gasteiger partial charge in [-0.25, -0.2) is 0 Å². The van der Waals surface area contributed by atoms with Crippen molar-refractivity contribution < 1.29 is 4.79 Å². The highest BCUT2D eigenvalue weighted by atomic mass is 16.1. The van der Waals surface area contributed by atoms with Crippen molar-refractivity contribution in [3.8, 4) is 0 Å². The van der Waals surface area contributed by atoms with Crippen LogP contribution in [0.15, 0.2) is 85.5 Å². The van der Waals surface area contributed by atoms with E-state index in [4.69, 9.17) is 0 Å². The van der Waals surface area contributed by atoms with Crippen molar-refractivity contribution in [1.29, 1.82) is 0 Å².